The van der Waals surface area contributed by atoms with Crippen molar-refractivity contribution < 1.29 is 4.74 Å². The maximum Gasteiger partial charge on any atom is 0.124 e. The molecule has 2 aliphatic heterocycles. The number of ether oxygens (including phenoxy) is 1. The van der Waals surface area contributed by atoms with E-state index in [1.165, 1.54) is 0 Å². The van der Waals surface area contributed by atoms with Crippen molar-refractivity contribution in [2.75, 3.05) is 13.6 Å². The number of para-hydroxylation sites is 1. The number of nitrogens with two attached hydrogens (primary N) is 1. The van der Waals surface area contributed by atoms with Gasteiger partial charge in [-0.1, -0.05) is 18.2 Å². The molecule has 3 heteroatoms. The topological polar surface area (TPSA) is 38.5 Å². The second kappa shape index (κ2) is 4.25. The first kappa shape index (κ1) is 12.0. The number of likely N-dealkylation sites (tertiary alicyclic amines) is 1. The van der Waals surface area contributed by atoms with E-state index >= 15 is 0 Å². The summed E-state index contributed by atoms with van der Waals surface area (Å²) in [4.78, 5) is 2.40. The molecule has 2 aliphatic rings. The number of hydrogen-bond acceptors (Lipinski definition) is 3. The second-order valence-corrected chi connectivity index (χ2v) is 5.92. The number of rotatable bonds is 0. The predicted molar refractivity (Wildman–Crippen MR) is 72.7 cm³/mol. The SMILES string of the molecule is CC1CC2(CCN1C)C[C@H](N)c1ccccc1O2. The van der Waals surface area contributed by atoms with E-state index in [0.717, 1.165) is 37.1 Å². The molecule has 0 aliphatic carbocycles. The lowest BCUT2D eigenvalue weighted by Crippen LogP contribution is -2.53. The summed E-state index contributed by atoms with van der Waals surface area (Å²) >= 11 is 0. The van der Waals surface area contributed by atoms with Crippen LogP contribution < -0.4 is 10.5 Å². The van der Waals surface area contributed by atoms with E-state index in [2.05, 4.69) is 31.0 Å². The van der Waals surface area contributed by atoms with Crippen LogP contribution in [0.1, 0.15) is 37.8 Å². The Morgan fingerprint density at radius 2 is 2.11 bits per heavy atom. The fourth-order valence-corrected chi connectivity index (χ4v) is 3.34. The van der Waals surface area contributed by atoms with Crippen LogP contribution in [0.3, 0.4) is 0 Å². The van der Waals surface area contributed by atoms with E-state index in [0.29, 0.717) is 6.04 Å². The average Bonchev–Trinajstić information content (AvgIpc) is 2.35. The van der Waals surface area contributed by atoms with Crippen LogP contribution in [0.15, 0.2) is 24.3 Å². The second-order valence-electron chi connectivity index (χ2n) is 5.92. The minimum Gasteiger partial charge on any atom is -0.487 e. The Morgan fingerprint density at radius 3 is 2.89 bits per heavy atom. The van der Waals surface area contributed by atoms with Crippen molar-refractivity contribution in [3.05, 3.63) is 29.8 Å². The quantitative estimate of drug-likeness (QED) is 0.763. The Bertz CT molecular complexity index is 448. The monoisotopic (exact) mass is 246 g/mol. The van der Waals surface area contributed by atoms with Crippen molar-refractivity contribution in [1.82, 2.24) is 4.90 Å². The zero-order chi connectivity index (χ0) is 12.8. The Kier molecular flexibility index (Phi) is 2.83. The predicted octanol–water partition coefficient (Wildman–Crippen LogP) is 2.32. The van der Waals surface area contributed by atoms with Gasteiger partial charge >= 0.3 is 0 Å². The molecule has 18 heavy (non-hydrogen) atoms. The van der Waals surface area contributed by atoms with E-state index < -0.39 is 0 Å². The average molecular weight is 246 g/mol. The molecular formula is C15H22N2O. The summed E-state index contributed by atoms with van der Waals surface area (Å²) in [7, 11) is 2.19. The van der Waals surface area contributed by atoms with Gasteiger partial charge in [0.05, 0.1) is 0 Å². The summed E-state index contributed by atoms with van der Waals surface area (Å²) in [5.74, 6) is 0.994. The molecule has 0 bridgehead atoms. The maximum atomic E-state index is 6.34. The van der Waals surface area contributed by atoms with E-state index in [1.54, 1.807) is 0 Å². The third-order valence-corrected chi connectivity index (χ3v) is 4.58. The summed E-state index contributed by atoms with van der Waals surface area (Å²) < 4.78 is 6.34. The Balaban J connectivity index is 1.89. The summed E-state index contributed by atoms with van der Waals surface area (Å²) in [5.41, 5.74) is 7.46. The molecule has 0 radical (unpaired) electrons. The molecule has 1 spiro atoms. The molecule has 3 nitrogen and oxygen atoms in total. The highest BCUT2D eigenvalue weighted by Gasteiger charge is 2.43. The number of piperidine rings is 1. The molecule has 3 atom stereocenters. The molecule has 1 aromatic rings. The fraction of sp³-hybridized carbons (Fsp3) is 0.600. The van der Waals surface area contributed by atoms with Gasteiger partial charge in [0, 0.05) is 37.0 Å². The normalized spacial score (nSPS) is 36.2. The lowest BCUT2D eigenvalue weighted by atomic mass is 9.78. The van der Waals surface area contributed by atoms with Crippen molar-refractivity contribution in [3.8, 4) is 5.75 Å². The Hall–Kier alpha value is -1.06. The van der Waals surface area contributed by atoms with Gasteiger partial charge < -0.3 is 15.4 Å². The van der Waals surface area contributed by atoms with Crippen molar-refractivity contribution >= 4 is 0 Å². The van der Waals surface area contributed by atoms with Gasteiger partial charge in [0.15, 0.2) is 0 Å². The van der Waals surface area contributed by atoms with Gasteiger partial charge in [-0.2, -0.15) is 0 Å². The van der Waals surface area contributed by atoms with Crippen LogP contribution in [0.4, 0.5) is 0 Å². The van der Waals surface area contributed by atoms with Crippen LogP contribution >= 0.6 is 0 Å². The van der Waals surface area contributed by atoms with Crippen LogP contribution in [0.5, 0.6) is 5.75 Å². The molecule has 98 valence electrons. The van der Waals surface area contributed by atoms with Crippen molar-refractivity contribution in [2.24, 2.45) is 5.73 Å². The third kappa shape index (κ3) is 1.91. The highest BCUT2D eigenvalue weighted by Crippen LogP contribution is 2.44. The van der Waals surface area contributed by atoms with Crippen molar-refractivity contribution in [3.63, 3.8) is 0 Å². The summed E-state index contributed by atoms with van der Waals surface area (Å²) in [5, 5.41) is 0. The van der Waals surface area contributed by atoms with Crippen LogP contribution in [0.2, 0.25) is 0 Å². The van der Waals surface area contributed by atoms with Gasteiger partial charge in [-0.15, -0.1) is 0 Å². The number of nitrogens with zero attached hydrogens (tertiary/aromatic N) is 1. The van der Waals surface area contributed by atoms with Gasteiger partial charge in [0.2, 0.25) is 0 Å². The largest absolute Gasteiger partial charge is 0.487 e. The van der Waals surface area contributed by atoms with Gasteiger partial charge in [0.1, 0.15) is 11.4 Å². The first-order valence-electron chi connectivity index (χ1n) is 6.83. The lowest BCUT2D eigenvalue weighted by molar-refractivity contribution is -0.0357. The Labute approximate surface area is 109 Å². The summed E-state index contributed by atoms with van der Waals surface area (Å²) in [6.07, 6.45) is 3.10. The molecular weight excluding hydrogens is 224 g/mol. The minimum absolute atomic E-state index is 0.0420. The van der Waals surface area contributed by atoms with Gasteiger partial charge in [0.25, 0.3) is 0 Å². The molecule has 3 rings (SSSR count). The fourth-order valence-electron chi connectivity index (χ4n) is 3.34. The van der Waals surface area contributed by atoms with E-state index in [4.69, 9.17) is 10.5 Å². The molecule has 2 N–H and O–H groups in total. The highest BCUT2D eigenvalue weighted by atomic mass is 16.5. The maximum absolute atomic E-state index is 6.34. The zero-order valence-electron chi connectivity index (χ0n) is 11.2. The zero-order valence-corrected chi connectivity index (χ0v) is 11.2. The molecule has 2 unspecified atom stereocenters. The molecule has 0 amide bonds. The van der Waals surface area contributed by atoms with Gasteiger partial charge in [-0.3, -0.25) is 0 Å². The first-order chi connectivity index (χ1) is 8.60. The minimum atomic E-state index is -0.0420. The molecule has 2 heterocycles. The van der Waals surface area contributed by atoms with Crippen molar-refractivity contribution in [1.29, 1.82) is 0 Å². The van der Waals surface area contributed by atoms with Crippen LogP contribution in [-0.4, -0.2) is 30.1 Å². The summed E-state index contributed by atoms with van der Waals surface area (Å²) in [6, 6.07) is 8.90. The third-order valence-electron chi connectivity index (χ3n) is 4.58. The van der Waals surface area contributed by atoms with Crippen LogP contribution in [-0.2, 0) is 0 Å². The number of hydrogen-bond donors (Lipinski definition) is 1. The van der Waals surface area contributed by atoms with Crippen molar-refractivity contribution in [2.45, 2.75) is 43.9 Å². The van der Waals surface area contributed by atoms with E-state index in [-0.39, 0.29) is 11.6 Å². The van der Waals surface area contributed by atoms with Crippen LogP contribution in [0, 0.1) is 0 Å². The smallest absolute Gasteiger partial charge is 0.124 e. The van der Waals surface area contributed by atoms with Crippen LogP contribution in [0.25, 0.3) is 0 Å². The van der Waals surface area contributed by atoms with Gasteiger partial charge in [-0.05, 0) is 26.5 Å². The molecule has 0 saturated carbocycles. The Morgan fingerprint density at radius 1 is 1.33 bits per heavy atom. The lowest BCUT2D eigenvalue weighted by Gasteiger charge is -2.48. The number of benzene rings is 1. The van der Waals surface area contributed by atoms with E-state index in [1.807, 2.05) is 12.1 Å². The highest BCUT2D eigenvalue weighted by molar-refractivity contribution is 5.38. The first-order valence-corrected chi connectivity index (χ1v) is 6.83. The molecule has 1 saturated heterocycles. The number of fused-ring (bicyclic) bond motifs is 1. The molecule has 1 aromatic carbocycles. The molecule has 1 fully saturated rings. The molecule has 0 aromatic heterocycles. The van der Waals surface area contributed by atoms with E-state index in [9.17, 15) is 0 Å². The standard InChI is InChI=1S/C15H22N2O/c1-11-9-15(7-8-17(11)2)10-13(16)12-5-3-4-6-14(12)18-15/h3-6,11,13H,7-10,16H2,1-2H3/t11?,13-,15?/m0/s1. The van der Waals surface area contributed by atoms with Gasteiger partial charge in [-0.25, -0.2) is 0 Å². The summed E-state index contributed by atoms with van der Waals surface area (Å²) in [6.45, 7) is 3.37.